The first-order valence-corrected chi connectivity index (χ1v) is 11.4. The van der Waals surface area contributed by atoms with Crippen molar-refractivity contribution in [1.29, 1.82) is 0 Å². The number of halogens is 1. The molecule has 1 amide bonds. The Balaban J connectivity index is 1.69. The average molecular weight is 490 g/mol. The molecule has 0 saturated heterocycles. The predicted octanol–water partition coefficient (Wildman–Crippen LogP) is 4.65. The number of amides is 1. The minimum absolute atomic E-state index is 0.241. The number of pyridine rings is 2. The molecule has 36 heavy (non-hydrogen) atoms. The molecule has 3 heterocycles. The second-order valence-electron chi connectivity index (χ2n) is 8.46. The first-order valence-electron chi connectivity index (χ1n) is 11.4. The molecule has 1 aromatic carbocycles. The van der Waals surface area contributed by atoms with Crippen molar-refractivity contribution in [2.45, 2.75) is 33.4 Å². The summed E-state index contributed by atoms with van der Waals surface area (Å²) < 4.78 is 26.3. The number of hydrogen-bond donors (Lipinski definition) is 1. The lowest BCUT2D eigenvalue weighted by molar-refractivity contribution is 0.0934. The third kappa shape index (κ3) is 5.51. The lowest BCUT2D eigenvalue weighted by atomic mass is 10.1. The Morgan fingerprint density at radius 1 is 1.06 bits per heavy atom. The summed E-state index contributed by atoms with van der Waals surface area (Å²) in [6.45, 7) is 6.00. The van der Waals surface area contributed by atoms with Gasteiger partial charge in [0.25, 0.3) is 5.91 Å². The Bertz CT molecular complexity index is 1380. The van der Waals surface area contributed by atoms with Crippen molar-refractivity contribution < 1.29 is 18.7 Å². The average Bonchev–Trinajstić information content (AvgIpc) is 3.27. The van der Waals surface area contributed by atoms with E-state index >= 15 is 0 Å². The third-order valence-electron chi connectivity index (χ3n) is 5.94. The summed E-state index contributed by atoms with van der Waals surface area (Å²) in [6.07, 6.45) is 3.60. The minimum Gasteiger partial charge on any atom is -0.497 e. The van der Waals surface area contributed by atoms with Crippen LogP contribution in [0.1, 0.15) is 46.1 Å². The lowest BCUT2D eigenvalue weighted by Gasteiger charge is -2.17. The van der Waals surface area contributed by atoms with E-state index in [2.05, 4.69) is 20.3 Å². The molecule has 0 aliphatic heterocycles. The molecule has 9 heteroatoms. The monoisotopic (exact) mass is 489 g/mol. The highest BCUT2D eigenvalue weighted by Crippen LogP contribution is 2.27. The number of carbonyl (C=O) groups is 1. The molecule has 1 atom stereocenters. The number of carbonyl (C=O) groups excluding carboxylic acids is 1. The van der Waals surface area contributed by atoms with Gasteiger partial charge in [-0.15, -0.1) is 0 Å². The van der Waals surface area contributed by atoms with Gasteiger partial charge in [0.2, 0.25) is 5.95 Å². The van der Waals surface area contributed by atoms with Gasteiger partial charge >= 0.3 is 0 Å². The maximum Gasteiger partial charge on any atom is 0.270 e. The van der Waals surface area contributed by atoms with Gasteiger partial charge in [-0.2, -0.15) is 4.39 Å². The summed E-state index contributed by atoms with van der Waals surface area (Å²) in [7, 11) is 3.15. The van der Waals surface area contributed by atoms with Crippen molar-refractivity contribution in [1.82, 2.24) is 24.8 Å². The number of nitrogens with zero attached hydrogens (tertiary/aromatic N) is 4. The van der Waals surface area contributed by atoms with Gasteiger partial charge in [0.1, 0.15) is 23.0 Å². The molecule has 0 spiro atoms. The number of nitrogens with one attached hydrogen (secondary N) is 1. The molecule has 0 aliphatic rings. The molecule has 8 nitrogen and oxygen atoms in total. The number of imidazole rings is 1. The summed E-state index contributed by atoms with van der Waals surface area (Å²) >= 11 is 0. The highest BCUT2D eigenvalue weighted by molar-refractivity contribution is 5.93. The molecule has 0 aliphatic carbocycles. The van der Waals surface area contributed by atoms with E-state index in [1.54, 1.807) is 45.5 Å². The van der Waals surface area contributed by atoms with Gasteiger partial charge in [0.05, 0.1) is 26.0 Å². The van der Waals surface area contributed by atoms with Gasteiger partial charge in [-0.25, -0.2) is 15.0 Å². The second kappa shape index (κ2) is 10.6. The van der Waals surface area contributed by atoms with E-state index in [1.807, 2.05) is 42.8 Å². The van der Waals surface area contributed by atoms with Crippen LogP contribution in [0.25, 0.3) is 11.3 Å². The van der Waals surface area contributed by atoms with E-state index in [4.69, 9.17) is 9.47 Å². The first kappa shape index (κ1) is 24.8. The van der Waals surface area contributed by atoms with Crippen LogP contribution in [-0.2, 0) is 6.54 Å². The zero-order chi connectivity index (χ0) is 25.8. The van der Waals surface area contributed by atoms with Crippen LogP contribution in [0.4, 0.5) is 4.39 Å². The highest BCUT2D eigenvalue weighted by atomic mass is 19.1. The fraction of sp³-hybridized carbons (Fsp3) is 0.259. The van der Waals surface area contributed by atoms with Crippen molar-refractivity contribution >= 4 is 5.91 Å². The molecule has 4 rings (SSSR count). The smallest absolute Gasteiger partial charge is 0.270 e. The van der Waals surface area contributed by atoms with Gasteiger partial charge in [0, 0.05) is 36.3 Å². The van der Waals surface area contributed by atoms with E-state index in [9.17, 15) is 9.18 Å². The van der Waals surface area contributed by atoms with Crippen LogP contribution in [-0.4, -0.2) is 39.6 Å². The van der Waals surface area contributed by atoms with Crippen LogP contribution in [0.5, 0.6) is 11.5 Å². The molecule has 186 valence electrons. The molecule has 0 fully saturated rings. The summed E-state index contributed by atoms with van der Waals surface area (Å²) in [4.78, 5) is 26.2. The molecule has 0 bridgehead atoms. The molecular formula is C27H28FN5O3. The standard InChI is InChI=1S/C27H28FN5O3/c1-16(20-12-21(35-4)14-22(13-20)36-5)31-27(34)25-11-19(15-33-9-8-29-18(33)3)10-24(32-25)23-6-7-26(28)30-17(23)2/h6-14,16H,15H2,1-5H3,(H,31,34). The Morgan fingerprint density at radius 2 is 1.78 bits per heavy atom. The van der Waals surface area contributed by atoms with Crippen LogP contribution in [0.2, 0.25) is 0 Å². The van der Waals surface area contributed by atoms with Gasteiger partial charge in [-0.05, 0) is 68.3 Å². The van der Waals surface area contributed by atoms with Crippen LogP contribution in [0.3, 0.4) is 0 Å². The van der Waals surface area contributed by atoms with Crippen molar-refractivity contribution in [3.05, 3.63) is 89.1 Å². The highest BCUT2D eigenvalue weighted by Gasteiger charge is 2.18. The fourth-order valence-electron chi connectivity index (χ4n) is 3.93. The molecule has 0 saturated carbocycles. The minimum atomic E-state index is -0.568. The number of aromatic nitrogens is 4. The van der Waals surface area contributed by atoms with Crippen LogP contribution < -0.4 is 14.8 Å². The van der Waals surface area contributed by atoms with Gasteiger partial charge in [0.15, 0.2) is 0 Å². The number of hydrogen-bond acceptors (Lipinski definition) is 6. The number of aryl methyl sites for hydroxylation is 2. The predicted molar refractivity (Wildman–Crippen MR) is 134 cm³/mol. The Labute approximate surface area is 209 Å². The lowest BCUT2D eigenvalue weighted by Crippen LogP contribution is -2.28. The number of methoxy groups -OCH3 is 2. The van der Waals surface area contributed by atoms with E-state index in [0.717, 1.165) is 17.0 Å². The summed E-state index contributed by atoms with van der Waals surface area (Å²) in [5.41, 5.74) is 3.60. The van der Waals surface area contributed by atoms with Crippen molar-refractivity contribution in [2.75, 3.05) is 14.2 Å². The quantitative estimate of drug-likeness (QED) is 0.362. The Hall–Kier alpha value is -4.27. The largest absolute Gasteiger partial charge is 0.497 e. The van der Waals surface area contributed by atoms with Gasteiger partial charge in [-0.1, -0.05) is 0 Å². The fourth-order valence-corrected chi connectivity index (χ4v) is 3.93. The van der Waals surface area contributed by atoms with Gasteiger partial charge in [-0.3, -0.25) is 4.79 Å². The summed E-state index contributed by atoms with van der Waals surface area (Å²) in [6, 6.07) is 11.7. The van der Waals surface area contributed by atoms with Crippen LogP contribution >= 0.6 is 0 Å². The molecule has 1 unspecified atom stereocenters. The number of rotatable bonds is 8. The second-order valence-corrected chi connectivity index (χ2v) is 8.46. The Morgan fingerprint density at radius 3 is 2.39 bits per heavy atom. The molecule has 3 aromatic heterocycles. The third-order valence-corrected chi connectivity index (χ3v) is 5.94. The van der Waals surface area contributed by atoms with E-state index in [1.165, 1.54) is 6.07 Å². The van der Waals surface area contributed by atoms with E-state index in [-0.39, 0.29) is 17.6 Å². The molecular weight excluding hydrogens is 461 g/mol. The number of benzene rings is 1. The van der Waals surface area contributed by atoms with E-state index < -0.39 is 5.95 Å². The van der Waals surface area contributed by atoms with Crippen molar-refractivity contribution in [3.8, 4) is 22.8 Å². The van der Waals surface area contributed by atoms with Crippen molar-refractivity contribution in [2.24, 2.45) is 0 Å². The summed E-state index contributed by atoms with van der Waals surface area (Å²) in [5.74, 6) is 1.19. The Kier molecular flexibility index (Phi) is 7.28. The first-order chi connectivity index (χ1) is 17.3. The molecule has 1 N–H and O–H groups in total. The maximum absolute atomic E-state index is 13.6. The SMILES string of the molecule is COc1cc(OC)cc(C(C)NC(=O)c2cc(Cn3ccnc3C)cc(-c3ccc(F)nc3C)n2)c1. The zero-order valence-corrected chi connectivity index (χ0v) is 20.9. The summed E-state index contributed by atoms with van der Waals surface area (Å²) in [5, 5.41) is 3.01. The van der Waals surface area contributed by atoms with E-state index in [0.29, 0.717) is 35.0 Å². The number of ether oxygens (including phenoxy) is 2. The molecule has 0 radical (unpaired) electrons. The maximum atomic E-state index is 13.6. The van der Waals surface area contributed by atoms with Crippen LogP contribution in [0, 0.1) is 19.8 Å². The molecule has 4 aromatic rings. The van der Waals surface area contributed by atoms with Crippen molar-refractivity contribution in [3.63, 3.8) is 0 Å². The van der Waals surface area contributed by atoms with Crippen LogP contribution in [0.15, 0.2) is 54.9 Å². The topological polar surface area (TPSA) is 91.2 Å². The van der Waals surface area contributed by atoms with Gasteiger partial charge < -0.3 is 19.4 Å². The normalized spacial score (nSPS) is 11.7. The zero-order valence-electron chi connectivity index (χ0n) is 20.9.